The normalized spacial score (nSPS) is 27.6. The number of methoxy groups -OCH3 is 1. The van der Waals surface area contributed by atoms with Gasteiger partial charge in [-0.05, 0) is 48.0 Å². The fourth-order valence-electron chi connectivity index (χ4n) is 6.67. The monoisotopic (exact) mass is 668 g/mol. The Kier molecular flexibility index (Phi) is 7.06. The highest BCUT2D eigenvalue weighted by atomic mass is 79.9. The van der Waals surface area contributed by atoms with Crippen molar-refractivity contribution in [1.82, 2.24) is 4.90 Å². The van der Waals surface area contributed by atoms with E-state index in [1.807, 2.05) is 42.5 Å². The molecule has 40 heavy (non-hydrogen) atoms. The first-order valence-corrected chi connectivity index (χ1v) is 14.5. The van der Waals surface area contributed by atoms with E-state index in [0.29, 0.717) is 23.6 Å². The van der Waals surface area contributed by atoms with Crippen LogP contribution < -0.4 is 9.64 Å². The second-order valence-corrected chi connectivity index (χ2v) is 12.2. The van der Waals surface area contributed by atoms with Crippen LogP contribution in [0, 0.1) is 11.8 Å². The maximum absolute atomic E-state index is 14.1. The minimum absolute atomic E-state index is 0.0797. The first kappa shape index (κ1) is 27.1. The van der Waals surface area contributed by atoms with Crippen molar-refractivity contribution in [3.63, 3.8) is 0 Å². The van der Waals surface area contributed by atoms with Gasteiger partial charge in [-0.2, -0.15) is 0 Å². The van der Waals surface area contributed by atoms with E-state index in [1.165, 1.54) is 7.11 Å². The Hall–Kier alpha value is -3.05. The fraction of sp³-hybridized carbons (Fsp3) is 0.300. The highest BCUT2D eigenvalue weighted by Crippen LogP contribution is 2.61. The first-order valence-electron chi connectivity index (χ1n) is 12.9. The smallest absolute Gasteiger partial charge is 0.325 e. The Bertz CT molecular complexity index is 1480. The van der Waals surface area contributed by atoms with E-state index in [9.17, 15) is 19.5 Å². The molecule has 3 aromatic carbocycles. The zero-order valence-corrected chi connectivity index (χ0v) is 24.7. The number of carboxylic acid groups (broad SMARTS) is 1. The molecule has 3 unspecified atom stereocenters. The lowest BCUT2D eigenvalue weighted by atomic mass is 9.77. The van der Waals surface area contributed by atoms with Gasteiger partial charge >= 0.3 is 5.97 Å². The Morgan fingerprint density at radius 2 is 1.70 bits per heavy atom. The molecule has 8 nitrogen and oxygen atoms in total. The number of fused-ring (bicyclic) bond motifs is 3. The number of hydrogen-bond donors (Lipinski definition) is 1. The van der Waals surface area contributed by atoms with Crippen molar-refractivity contribution in [2.75, 3.05) is 18.6 Å². The second-order valence-electron chi connectivity index (χ2n) is 10.3. The molecule has 1 N–H and O–H groups in total. The molecule has 6 rings (SSSR count). The van der Waals surface area contributed by atoms with Gasteiger partial charge in [0.05, 0.1) is 43.4 Å². The number of carbonyl (C=O) groups is 3. The number of carboxylic acids is 1. The molecule has 3 aromatic rings. The average molecular weight is 670 g/mol. The van der Waals surface area contributed by atoms with Gasteiger partial charge in [0.1, 0.15) is 11.3 Å². The molecule has 2 amide bonds. The zero-order chi connectivity index (χ0) is 28.2. The number of rotatable bonds is 7. The van der Waals surface area contributed by atoms with Crippen LogP contribution in [-0.4, -0.2) is 53.1 Å². The molecule has 3 aliphatic heterocycles. The van der Waals surface area contributed by atoms with Crippen molar-refractivity contribution in [2.24, 2.45) is 11.8 Å². The molecule has 0 spiro atoms. The van der Waals surface area contributed by atoms with E-state index >= 15 is 0 Å². The molecule has 0 saturated carbocycles. The van der Waals surface area contributed by atoms with Crippen LogP contribution in [-0.2, 0) is 25.7 Å². The SMILES string of the molecule is COc1ccc(Br)cc1C1[C@@H]2C(=O)N(c3ccc(Br)cc3)C(=O)[C@@H]2C2(C(=O)O)CC(OCc3ccccc3)CN12. The van der Waals surface area contributed by atoms with Crippen LogP contribution in [0.5, 0.6) is 5.75 Å². The van der Waals surface area contributed by atoms with Gasteiger partial charge in [-0.1, -0.05) is 62.2 Å². The summed E-state index contributed by atoms with van der Waals surface area (Å²) in [5.74, 6) is -3.55. The first-order chi connectivity index (χ1) is 19.3. The van der Waals surface area contributed by atoms with Gasteiger partial charge in [-0.3, -0.25) is 19.3 Å². The number of carbonyl (C=O) groups excluding carboxylic acids is 2. The van der Waals surface area contributed by atoms with Crippen molar-refractivity contribution < 1.29 is 29.0 Å². The van der Waals surface area contributed by atoms with Crippen molar-refractivity contribution in [1.29, 1.82) is 0 Å². The number of imide groups is 1. The van der Waals surface area contributed by atoms with Crippen molar-refractivity contribution in [2.45, 2.75) is 30.7 Å². The minimum atomic E-state index is -1.62. The lowest BCUT2D eigenvalue weighted by Gasteiger charge is -2.35. The van der Waals surface area contributed by atoms with Crippen LogP contribution >= 0.6 is 31.9 Å². The van der Waals surface area contributed by atoms with Crippen molar-refractivity contribution in [3.05, 3.63) is 92.9 Å². The van der Waals surface area contributed by atoms with Crippen LogP contribution in [0.2, 0.25) is 0 Å². The third-order valence-corrected chi connectivity index (χ3v) is 9.31. The molecule has 3 fully saturated rings. The number of benzene rings is 3. The van der Waals surface area contributed by atoms with Gasteiger partial charge in [0, 0.05) is 27.5 Å². The molecule has 3 heterocycles. The Morgan fingerprint density at radius 3 is 2.38 bits per heavy atom. The average Bonchev–Trinajstić information content (AvgIpc) is 3.54. The van der Waals surface area contributed by atoms with Gasteiger partial charge in [-0.25, -0.2) is 4.90 Å². The number of halogens is 2. The van der Waals surface area contributed by atoms with Crippen LogP contribution in [0.15, 0.2) is 81.7 Å². The molecule has 0 aliphatic carbocycles. The van der Waals surface area contributed by atoms with Crippen LogP contribution in [0.3, 0.4) is 0 Å². The van der Waals surface area contributed by atoms with Crippen molar-refractivity contribution in [3.8, 4) is 5.75 Å². The van der Waals surface area contributed by atoms with Gasteiger partial charge in [0.15, 0.2) is 0 Å². The molecular formula is C30H26Br2N2O6. The lowest BCUT2D eigenvalue weighted by Crippen LogP contribution is -2.54. The van der Waals surface area contributed by atoms with Crippen molar-refractivity contribution >= 4 is 55.3 Å². The van der Waals surface area contributed by atoms with Crippen LogP contribution in [0.4, 0.5) is 5.69 Å². The summed E-state index contributed by atoms with van der Waals surface area (Å²) in [7, 11) is 1.54. The largest absolute Gasteiger partial charge is 0.496 e. The number of nitrogens with zero attached hydrogens (tertiary/aromatic N) is 2. The number of aliphatic carboxylic acids is 1. The van der Waals surface area contributed by atoms with E-state index in [2.05, 4.69) is 31.9 Å². The Balaban J connectivity index is 1.46. The maximum atomic E-state index is 14.1. The summed E-state index contributed by atoms with van der Waals surface area (Å²) in [6.45, 7) is 0.567. The number of ether oxygens (including phenoxy) is 2. The quantitative estimate of drug-likeness (QED) is 0.346. The molecular weight excluding hydrogens is 644 g/mol. The Morgan fingerprint density at radius 1 is 1.00 bits per heavy atom. The van der Waals surface area contributed by atoms with E-state index in [1.54, 1.807) is 35.2 Å². The van der Waals surface area contributed by atoms with Crippen LogP contribution in [0.25, 0.3) is 0 Å². The fourth-order valence-corrected chi connectivity index (χ4v) is 7.31. The molecule has 3 aliphatic rings. The highest BCUT2D eigenvalue weighted by Gasteiger charge is 2.75. The zero-order valence-electron chi connectivity index (χ0n) is 21.5. The Labute approximate surface area is 248 Å². The number of anilines is 1. The van der Waals surface area contributed by atoms with Gasteiger partial charge in [-0.15, -0.1) is 0 Å². The summed E-state index contributed by atoms with van der Waals surface area (Å²) in [6.07, 6.45) is -0.376. The van der Waals surface area contributed by atoms with E-state index in [4.69, 9.17) is 9.47 Å². The highest BCUT2D eigenvalue weighted by molar-refractivity contribution is 9.10. The lowest BCUT2D eigenvalue weighted by molar-refractivity contribution is -0.153. The van der Waals surface area contributed by atoms with Gasteiger partial charge < -0.3 is 14.6 Å². The third-order valence-electron chi connectivity index (χ3n) is 8.29. The summed E-state index contributed by atoms with van der Waals surface area (Å²) < 4.78 is 13.5. The maximum Gasteiger partial charge on any atom is 0.325 e. The van der Waals surface area contributed by atoms with E-state index in [0.717, 1.165) is 19.4 Å². The van der Waals surface area contributed by atoms with Crippen LogP contribution in [0.1, 0.15) is 23.6 Å². The topological polar surface area (TPSA) is 96.4 Å². The molecule has 0 aromatic heterocycles. The summed E-state index contributed by atoms with van der Waals surface area (Å²) in [6, 6.07) is 21.3. The molecule has 206 valence electrons. The molecule has 5 atom stereocenters. The molecule has 10 heteroatoms. The predicted molar refractivity (Wildman–Crippen MR) is 154 cm³/mol. The molecule has 0 radical (unpaired) electrons. The second kappa shape index (κ2) is 10.4. The summed E-state index contributed by atoms with van der Waals surface area (Å²) >= 11 is 6.92. The summed E-state index contributed by atoms with van der Waals surface area (Å²) in [5.41, 5.74) is 0.406. The molecule has 0 bridgehead atoms. The molecule has 3 saturated heterocycles. The minimum Gasteiger partial charge on any atom is -0.496 e. The van der Waals surface area contributed by atoms with E-state index < -0.39 is 47.3 Å². The summed E-state index contributed by atoms with van der Waals surface area (Å²) in [4.78, 5) is 44.5. The standard InChI is InChI=1S/C30H26Br2N2O6/c1-39-23-12-9-19(32)13-22(23)26-24-25(28(36)34(27(24)35)20-10-7-18(31)8-11-20)30(29(37)38)14-21(15-33(26)30)40-16-17-5-3-2-4-6-17/h2-13,21,24-26H,14-16H2,1H3,(H,37,38)/t21?,24-,25-,26?,30?/m1/s1. The van der Waals surface area contributed by atoms with E-state index in [-0.39, 0.29) is 13.0 Å². The predicted octanol–water partition coefficient (Wildman–Crippen LogP) is 5.20. The number of hydrogen-bond acceptors (Lipinski definition) is 6. The third kappa shape index (κ3) is 4.20. The summed E-state index contributed by atoms with van der Waals surface area (Å²) in [5, 5.41) is 10.8. The van der Waals surface area contributed by atoms with Gasteiger partial charge in [0.25, 0.3) is 0 Å². The number of amides is 2. The van der Waals surface area contributed by atoms with Gasteiger partial charge in [0.2, 0.25) is 11.8 Å².